The van der Waals surface area contributed by atoms with Crippen LogP contribution in [-0.4, -0.2) is 32.0 Å². The van der Waals surface area contributed by atoms with E-state index in [-0.39, 0.29) is 18.4 Å². The summed E-state index contributed by atoms with van der Waals surface area (Å²) in [4.78, 5) is 26.5. The molecule has 31 heavy (non-hydrogen) atoms. The van der Waals surface area contributed by atoms with Crippen LogP contribution in [0.1, 0.15) is 23.7 Å². The smallest absolute Gasteiger partial charge is 0.258 e. The third-order valence-electron chi connectivity index (χ3n) is 4.62. The highest BCUT2D eigenvalue weighted by molar-refractivity contribution is 6.05. The average molecular weight is 418 g/mol. The van der Waals surface area contributed by atoms with Crippen molar-refractivity contribution >= 4 is 28.9 Å². The van der Waals surface area contributed by atoms with Crippen LogP contribution in [0.2, 0.25) is 0 Å². The first-order valence-corrected chi connectivity index (χ1v) is 10.3. The topological polar surface area (TPSA) is 70.7 Å². The fourth-order valence-electron chi connectivity index (χ4n) is 2.96. The Hall–Kier alpha value is -3.80. The highest BCUT2D eigenvalue weighted by Gasteiger charge is 2.13. The van der Waals surface area contributed by atoms with E-state index >= 15 is 0 Å². The summed E-state index contributed by atoms with van der Waals surface area (Å²) in [5.74, 6) is 0.464. The lowest BCUT2D eigenvalue weighted by Crippen LogP contribution is -2.26. The van der Waals surface area contributed by atoms with Gasteiger partial charge in [0.2, 0.25) is 5.91 Å². The van der Waals surface area contributed by atoms with Gasteiger partial charge >= 0.3 is 0 Å². The maximum absolute atomic E-state index is 12.7. The molecule has 0 bridgehead atoms. The van der Waals surface area contributed by atoms with Crippen LogP contribution in [0, 0.1) is 0 Å². The average Bonchev–Trinajstić information content (AvgIpc) is 2.81. The molecule has 6 nitrogen and oxygen atoms in total. The van der Waals surface area contributed by atoms with Crippen LogP contribution >= 0.6 is 0 Å². The minimum Gasteiger partial charge on any atom is -0.494 e. The Kier molecular flexibility index (Phi) is 7.65. The van der Waals surface area contributed by atoms with Gasteiger partial charge in [-0.05, 0) is 55.0 Å². The van der Waals surface area contributed by atoms with Gasteiger partial charge in [0, 0.05) is 35.7 Å². The molecule has 0 aliphatic carbocycles. The van der Waals surface area contributed by atoms with Crippen molar-refractivity contribution in [2.75, 3.05) is 35.7 Å². The Bertz CT molecular complexity index is 1000. The van der Waals surface area contributed by atoms with E-state index in [1.807, 2.05) is 55.5 Å². The maximum atomic E-state index is 12.7. The van der Waals surface area contributed by atoms with Crippen LogP contribution in [0.5, 0.6) is 5.75 Å². The van der Waals surface area contributed by atoms with Crippen LogP contribution in [0.3, 0.4) is 0 Å². The van der Waals surface area contributed by atoms with Crippen LogP contribution in [0.25, 0.3) is 0 Å². The lowest BCUT2D eigenvalue weighted by atomic mass is 10.1. The first-order valence-electron chi connectivity index (χ1n) is 10.3. The highest BCUT2D eigenvalue weighted by Crippen LogP contribution is 2.18. The number of benzene rings is 3. The van der Waals surface area contributed by atoms with Gasteiger partial charge in [-0.15, -0.1) is 0 Å². The zero-order chi connectivity index (χ0) is 22.1. The van der Waals surface area contributed by atoms with Crippen molar-refractivity contribution in [2.24, 2.45) is 0 Å². The number of para-hydroxylation sites is 1. The van der Waals surface area contributed by atoms with E-state index in [0.717, 1.165) is 23.5 Å². The summed E-state index contributed by atoms with van der Waals surface area (Å²) < 4.78 is 5.58. The number of nitrogens with one attached hydrogen (secondary N) is 2. The van der Waals surface area contributed by atoms with Gasteiger partial charge in [-0.25, -0.2) is 0 Å². The summed E-state index contributed by atoms with van der Waals surface area (Å²) in [5, 5.41) is 5.92. The van der Waals surface area contributed by atoms with Gasteiger partial charge in [-0.1, -0.05) is 31.2 Å². The van der Waals surface area contributed by atoms with E-state index in [4.69, 9.17) is 4.74 Å². The Morgan fingerprint density at radius 1 is 0.903 bits per heavy atom. The van der Waals surface area contributed by atoms with Crippen LogP contribution in [-0.2, 0) is 4.79 Å². The van der Waals surface area contributed by atoms with Crippen molar-refractivity contribution in [2.45, 2.75) is 13.3 Å². The van der Waals surface area contributed by atoms with E-state index in [1.54, 1.807) is 42.3 Å². The number of amides is 2. The van der Waals surface area contributed by atoms with E-state index in [2.05, 4.69) is 10.6 Å². The van der Waals surface area contributed by atoms with Gasteiger partial charge in [0.25, 0.3) is 5.91 Å². The fraction of sp³-hybridized carbons (Fsp3) is 0.200. The highest BCUT2D eigenvalue weighted by atomic mass is 16.5. The third-order valence-corrected chi connectivity index (χ3v) is 4.62. The molecule has 0 heterocycles. The van der Waals surface area contributed by atoms with Crippen molar-refractivity contribution < 1.29 is 14.3 Å². The van der Waals surface area contributed by atoms with Crippen molar-refractivity contribution in [1.82, 2.24) is 0 Å². The number of hydrogen-bond donors (Lipinski definition) is 2. The molecule has 3 rings (SSSR count). The van der Waals surface area contributed by atoms with Gasteiger partial charge in [-0.3, -0.25) is 9.59 Å². The molecular weight excluding hydrogens is 390 g/mol. The van der Waals surface area contributed by atoms with Crippen molar-refractivity contribution in [3.63, 3.8) is 0 Å². The lowest BCUT2D eigenvalue weighted by Gasteiger charge is -2.17. The molecule has 0 unspecified atom stereocenters. The molecule has 0 saturated carbocycles. The van der Waals surface area contributed by atoms with E-state index in [0.29, 0.717) is 17.9 Å². The quantitative estimate of drug-likeness (QED) is 0.525. The number of rotatable bonds is 9. The second kappa shape index (κ2) is 10.8. The van der Waals surface area contributed by atoms with Gasteiger partial charge in [0.15, 0.2) is 0 Å². The summed E-state index contributed by atoms with van der Waals surface area (Å²) in [5.41, 5.74) is 2.85. The predicted octanol–water partition coefficient (Wildman–Crippen LogP) is 4.80. The second-order valence-corrected chi connectivity index (χ2v) is 7.06. The Balaban J connectivity index is 1.52. The molecule has 2 N–H and O–H groups in total. The first kappa shape index (κ1) is 21.9. The zero-order valence-corrected chi connectivity index (χ0v) is 17.8. The molecule has 0 fully saturated rings. The Morgan fingerprint density at radius 3 is 2.35 bits per heavy atom. The molecule has 0 aromatic heterocycles. The zero-order valence-electron chi connectivity index (χ0n) is 17.8. The Morgan fingerprint density at radius 2 is 1.65 bits per heavy atom. The summed E-state index contributed by atoms with van der Waals surface area (Å²) in [6.45, 7) is 2.79. The molecule has 2 amide bonds. The SMILES string of the molecule is CCCOc1cccc(NC(=O)CNc2ccc(C(=O)N(C)c3ccccc3)cc2)c1. The minimum atomic E-state index is -0.170. The molecule has 0 aliphatic rings. The molecular formula is C25H27N3O3. The monoisotopic (exact) mass is 417 g/mol. The third kappa shape index (κ3) is 6.34. The van der Waals surface area contributed by atoms with E-state index in [9.17, 15) is 9.59 Å². The number of hydrogen-bond acceptors (Lipinski definition) is 4. The number of carbonyl (C=O) groups is 2. The molecule has 0 aliphatic heterocycles. The number of anilines is 3. The predicted molar refractivity (Wildman–Crippen MR) is 125 cm³/mol. The van der Waals surface area contributed by atoms with Crippen LogP contribution in [0.15, 0.2) is 78.9 Å². The Labute approximate surface area is 182 Å². The normalized spacial score (nSPS) is 10.3. The molecule has 3 aromatic rings. The molecule has 3 aromatic carbocycles. The number of nitrogens with zero attached hydrogens (tertiary/aromatic N) is 1. The maximum Gasteiger partial charge on any atom is 0.258 e. The summed E-state index contributed by atoms with van der Waals surface area (Å²) in [6.07, 6.45) is 0.924. The van der Waals surface area contributed by atoms with Gasteiger partial charge in [-0.2, -0.15) is 0 Å². The van der Waals surface area contributed by atoms with Crippen molar-refractivity contribution in [1.29, 1.82) is 0 Å². The molecule has 6 heteroatoms. The molecule has 0 saturated heterocycles. The standard InChI is InChI=1S/C25H27N3O3/c1-3-16-31-23-11-7-8-21(17-23)27-24(29)18-26-20-14-12-19(13-15-20)25(30)28(2)22-9-5-4-6-10-22/h4-15,17,26H,3,16,18H2,1-2H3,(H,27,29). The summed E-state index contributed by atoms with van der Waals surface area (Å²) in [6, 6.07) is 23.9. The second-order valence-electron chi connectivity index (χ2n) is 7.06. The van der Waals surface area contributed by atoms with E-state index in [1.165, 1.54) is 0 Å². The largest absolute Gasteiger partial charge is 0.494 e. The fourth-order valence-corrected chi connectivity index (χ4v) is 2.96. The first-order chi connectivity index (χ1) is 15.1. The lowest BCUT2D eigenvalue weighted by molar-refractivity contribution is -0.114. The molecule has 0 spiro atoms. The van der Waals surface area contributed by atoms with E-state index < -0.39 is 0 Å². The van der Waals surface area contributed by atoms with Crippen LogP contribution in [0.4, 0.5) is 17.1 Å². The number of carbonyl (C=O) groups excluding carboxylic acids is 2. The van der Waals surface area contributed by atoms with Gasteiger partial charge < -0.3 is 20.3 Å². The number of ether oxygens (including phenoxy) is 1. The molecule has 0 atom stereocenters. The molecule has 0 radical (unpaired) electrons. The summed E-state index contributed by atoms with van der Waals surface area (Å²) in [7, 11) is 1.75. The van der Waals surface area contributed by atoms with Gasteiger partial charge in [0.1, 0.15) is 5.75 Å². The van der Waals surface area contributed by atoms with Crippen molar-refractivity contribution in [3.8, 4) is 5.75 Å². The molecule has 160 valence electrons. The van der Waals surface area contributed by atoms with Gasteiger partial charge in [0.05, 0.1) is 13.2 Å². The van der Waals surface area contributed by atoms with Crippen LogP contribution < -0.4 is 20.3 Å². The van der Waals surface area contributed by atoms with Crippen molar-refractivity contribution in [3.05, 3.63) is 84.4 Å². The minimum absolute atomic E-state index is 0.0966. The summed E-state index contributed by atoms with van der Waals surface area (Å²) >= 11 is 0.